The lowest BCUT2D eigenvalue weighted by molar-refractivity contribution is -0.913. The number of likely N-dealkylation sites (N-methyl/N-ethyl adjacent to an activating group) is 2. The Morgan fingerprint density at radius 2 is 1.61 bits per heavy atom. The summed E-state index contributed by atoms with van der Waals surface area (Å²) in [6.45, 7) is 12.7. The van der Waals surface area contributed by atoms with Crippen molar-refractivity contribution in [3.63, 3.8) is 0 Å². The molecule has 3 aliphatic heterocycles. The second-order valence-electron chi connectivity index (χ2n) is 6.39. The summed E-state index contributed by atoms with van der Waals surface area (Å²) < 4.78 is 1.29. The van der Waals surface area contributed by atoms with E-state index in [4.69, 9.17) is 0 Å². The summed E-state index contributed by atoms with van der Waals surface area (Å²) in [5.74, 6) is 0. The molecule has 106 valence electrons. The second-order valence-corrected chi connectivity index (χ2v) is 6.39. The molecular formula is C14H31N4+. The Balaban J connectivity index is 1.84. The molecule has 0 atom stereocenters. The molecule has 0 amide bonds. The number of rotatable bonds is 0. The summed E-state index contributed by atoms with van der Waals surface area (Å²) in [5, 5.41) is 3.58. The van der Waals surface area contributed by atoms with Gasteiger partial charge in [0.05, 0.1) is 26.7 Å². The van der Waals surface area contributed by atoms with Crippen LogP contribution >= 0.6 is 0 Å². The van der Waals surface area contributed by atoms with Gasteiger partial charge in [-0.2, -0.15) is 0 Å². The standard InChI is InChI=1S/C14H31N4/c1-16-7-4-8-17-10-13-18(2,14-11-17)12-3-5-15-6-9-16/h15H,3-14H2,1-2H3/q+1. The fraction of sp³-hybridized carbons (Fsp3) is 1.00. The molecular weight excluding hydrogens is 224 g/mol. The van der Waals surface area contributed by atoms with Gasteiger partial charge in [0.25, 0.3) is 0 Å². The molecule has 0 spiro atoms. The number of fused-ring (bicyclic) bond motifs is 11. The summed E-state index contributed by atoms with van der Waals surface area (Å²) in [6, 6.07) is 0. The third-order valence-corrected chi connectivity index (χ3v) is 4.65. The Hall–Kier alpha value is -0.160. The average molecular weight is 255 g/mol. The van der Waals surface area contributed by atoms with Crippen LogP contribution in [0.3, 0.4) is 0 Å². The molecule has 0 aliphatic carbocycles. The number of hydrogen-bond donors (Lipinski definition) is 1. The predicted molar refractivity (Wildman–Crippen MR) is 76.8 cm³/mol. The molecule has 0 aromatic heterocycles. The van der Waals surface area contributed by atoms with E-state index < -0.39 is 0 Å². The van der Waals surface area contributed by atoms with E-state index in [9.17, 15) is 0 Å². The van der Waals surface area contributed by atoms with E-state index in [1.54, 1.807) is 0 Å². The Kier molecular flexibility index (Phi) is 5.42. The van der Waals surface area contributed by atoms with E-state index in [1.165, 1.54) is 76.2 Å². The maximum absolute atomic E-state index is 3.58. The highest BCUT2D eigenvalue weighted by atomic mass is 15.4. The van der Waals surface area contributed by atoms with Crippen LogP contribution in [-0.4, -0.2) is 93.8 Å². The van der Waals surface area contributed by atoms with Crippen molar-refractivity contribution in [1.82, 2.24) is 15.1 Å². The van der Waals surface area contributed by atoms with Crippen molar-refractivity contribution in [2.45, 2.75) is 12.8 Å². The van der Waals surface area contributed by atoms with E-state index in [1.807, 2.05) is 0 Å². The molecule has 3 saturated heterocycles. The molecule has 3 heterocycles. The maximum Gasteiger partial charge on any atom is 0.0914 e. The van der Waals surface area contributed by atoms with E-state index in [0.717, 1.165) is 6.54 Å². The van der Waals surface area contributed by atoms with Gasteiger partial charge in [-0.05, 0) is 26.6 Å². The van der Waals surface area contributed by atoms with Gasteiger partial charge in [-0.25, -0.2) is 0 Å². The lowest BCUT2D eigenvalue weighted by atomic mass is 10.2. The minimum Gasteiger partial charge on any atom is -0.324 e. The molecule has 0 aromatic rings. The zero-order valence-corrected chi connectivity index (χ0v) is 12.3. The number of hydrogen-bond acceptors (Lipinski definition) is 3. The number of piperazine rings is 1. The smallest absolute Gasteiger partial charge is 0.0914 e. The minimum absolute atomic E-state index is 1.14. The largest absolute Gasteiger partial charge is 0.324 e. The molecule has 0 unspecified atom stereocenters. The third kappa shape index (κ3) is 4.50. The first-order valence-corrected chi connectivity index (χ1v) is 7.63. The zero-order valence-electron chi connectivity index (χ0n) is 12.3. The van der Waals surface area contributed by atoms with Crippen LogP contribution in [0.4, 0.5) is 0 Å². The zero-order chi connectivity index (χ0) is 12.8. The SMILES string of the molecule is CN1CCCN2CC[N+](C)(CCCNCC1)CC2. The normalized spacial score (nSPS) is 37.3. The van der Waals surface area contributed by atoms with Gasteiger partial charge >= 0.3 is 0 Å². The molecule has 18 heavy (non-hydrogen) atoms. The van der Waals surface area contributed by atoms with E-state index in [-0.39, 0.29) is 0 Å². The van der Waals surface area contributed by atoms with Crippen molar-refractivity contribution in [2.24, 2.45) is 0 Å². The lowest BCUT2D eigenvalue weighted by Crippen LogP contribution is -2.58. The van der Waals surface area contributed by atoms with Crippen LogP contribution in [0.5, 0.6) is 0 Å². The van der Waals surface area contributed by atoms with Gasteiger partial charge < -0.3 is 14.7 Å². The van der Waals surface area contributed by atoms with Crippen molar-refractivity contribution in [2.75, 3.05) is 79.5 Å². The summed E-state index contributed by atoms with van der Waals surface area (Å²) in [4.78, 5) is 5.13. The van der Waals surface area contributed by atoms with E-state index in [2.05, 4.69) is 29.2 Å². The molecule has 4 nitrogen and oxygen atoms in total. The molecule has 0 radical (unpaired) electrons. The Labute approximate surface area is 113 Å². The van der Waals surface area contributed by atoms with Crippen LogP contribution in [0.15, 0.2) is 0 Å². The highest BCUT2D eigenvalue weighted by Crippen LogP contribution is 2.11. The van der Waals surface area contributed by atoms with Gasteiger partial charge in [0.1, 0.15) is 0 Å². The average Bonchev–Trinajstić information content (AvgIpc) is 2.36. The number of nitrogens with one attached hydrogen (secondary N) is 1. The van der Waals surface area contributed by atoms with Crippen LogP contribution in [0.2, 0.25) is 0 Å². The fourth-order valence-corrected chi connectivity index (χ4v) is 3.09. The minimum atomic E-state index is 1.14. The first-order valence-electron chi connectivity index (χ1n) is 7.63. The first kappa shape index (κ1) is 14.3. The molecule has 2 bridgehead atoms. The maximum atomic E-state index is 3.58. The predicted octanol–water partition coefficient (Wildman–Crippen LogP) is 0.0638. The molecule has 0 aromatic carbocycles. The van der Waals surface area contributed by atoms with Gasteiger partial charge in [0.2, 0.25) is 0 Å². The topological polar surface area (TPSA) is 18.5 Å². The molecule has 3 aliphatic rings. The monoisotopic (exact) mass is 255 g/mol. The van der Waals surface area contributed by atoms with Crippen LogP contribution in [0.25, 0.3) is 0 Å². The van der Waals surface area contributed by atoms with Crippen molar-refractivity contribution in [1.29, 1.82) is 0 Å². The van der Waals surface area contributed by atoms with E-state index >= 15 is 0 Å². The third-order valence-electron chi connectivity index (χ3n) is 4.65. The summed E-state index contributed by atoms with van der Waals surface area (Å²) in [6.07, 6.45) is 2.64. The second kappa shape index (κ2) is 6.85. The Bertz CT molecular complexity index is 230. The van der Waals surface area contributed by atoms with Crippen LogP contribution in [0, 0.1) is 0 Å². The first-order chi connectivity index (χ1) is 8.68. The highest BCUT2D eigenvalue weighted by Gasteiger charge is 2.27. The van der Waals surface area contributed by atoms with Crippen molar-refractivity contribution < 1.29 is 4.48 Å². The van der Waals surface area contributed by atoms with Gasteiger partial charge in [-0.3, -0.25) is 4.90 Å². The molecule has 3 fully saturated rings. The van der Waals surface area contributed by atoms with Gasteiger partial charge in [0.15, 0.2) is 0 Å². The molecule has 0 saturated carbocycles. The Morgan fingerprint density at radius 1 is 0.833 bits per heavy atom. The van der Waals surface area contributed by atoms with Crippen LogP contribution in [0.1, 0.15) is 12.8 Å². The molecule has 3 rings (SSSR count). The Morgan fingerprint density at radius 3 is 2.39 bits per heavy atom. The molecule has 1 N–H and O–H groups in total. The summed E-state index contributed by atoms with van der Waals surface area (Å²) in [7, 11) is 4.69. The molecule has 4 heteroatoms. The van der Waals surface area contributed by atoms with Gasteiger partial charge in [-0.15, -0.1) is 0 Å². The quantitative estimate of drug-likeness (QED) is 0.618. The van der Waals surface area contributed by atoms with Gasteiger partial charge in [0, 0.05) is 39.1 Å². The van der Waals surface area contributed by atoms with Crippen molar-refractivity contribution in [3.05, 3.63) is 0 Å². The van der Waals surface area contributed by atoms with Gasteiger partial charge in [-0.1, -0.05) is 0 Å². The van der Waals surface area contributed by atoms with E-state index in [0.29, 0.717) is 0 Å². The number of quaternary nitrogens is 1. The van der Waals surface area contributed by atoms with Crippen molar-refractivity contribution >= 4 is 0 Å². The number of nitrogens with zero attached hydrogens (tertiary/aromatic N) is 3. The lowest BCUT2D eigenvalue weighted by Gasteiger charge is -2.42. The fourth-order valence-electron chi connectivity index (χ4n) is 3.09. The van der Waals surface area contributed by atoms with Crippen LogP contribution < -0.4 is 5.32 Å². The van der Waals surface area contributed by atoms with Crippen LogP contribution in [-0.2, 0) is 0 Å². The summed E-state index contributed by atoms with van der Waals surface area (Å²) >= 11 is 0. The summed E-state index contributed by atoms with van der Waals surface area (Å²) in [5.41, 5.74) is 0. The highest BCUT2D eigenvalue weighted by molar-refractivity contribution is 4.66. The van der Waals surface area contributed by atoms with Crippen molar-refractivity contribution in [3.8, 4) is 0 Å².